The molecule has 3 rings (SSSR count). The van der Waals surface area contributed by atoms with Gasteiger partial charge in [-0.25, -0.2) is 0 Å². The molecule has 3 nitrogen and oxygen atoms in total. The molecule has 0 aliphatic heterocycles. The third kappa shape index (κ3) is 1.92. The predicted molar refractivity (Wildman–Crippen MR) is 82.2 cm³/mol. The molecule has 0 bridgehead atoms. The lowest BCUT2D eigenvalue weighted by Crippen LogP contribution is -1.96. The van der Waals surface area contributed by atoms with Crippen molar-refractivity contribution in [3.63, 3.8) is 0 Å². The summed E-state index contributed by atoms with van der Waals surface area (Å²) in [6.07, 6.45) is 0. The Morgan fingerprint density at radius 3 is 2.65 bits per heavy atom. The van der Waals surface area contributed by atoms with Gasteiger partial charge in [-0.05, 0) is 37.1 Å². The normalized spacial score (nSPS) is 10.4. The number of H-pyrrole nitrogens is 1. The molecule has 98 valence electrons. The zero-order chi connectivity index (χ0) is 14.1. The first-order chi connectivity index (χ1) is 9.70. The third-order valence-corrected chi connectivity index (χ3v) is 3.68. The Morgan fingerprint density at radius 1 is 1.05 bits per heavy atom. The first-order valence-corrected chi connectivity index (χ1v) is 6.54. The second-order valence-electron chi connectivity index (χ2n) is 4.90. The number of para-hydroxylation sites is 1. The number of aromatic nitrogens is 1. The molecule has 0 aliphatic rings. The van der Waals surface area contributed by atoms with Gasteiger partial charge < -0.3 is 10.3 Å². The van der Waals surface area contributed by atoms with Crippen molar-refractivity contribution in [2.45, 2.75) is 13.8 Å². The molecule has 0 saturated heterocycles. The zero-order valence-electron chi connectivity index (χ0n) is 11.5. The summed E-state index contributed by atoms with van der Waals surface area (Å²) in [5.41, 5.74) is 5.06. The summed E-state index contributed by atoms with van der Waals surface area (Å²) < 4.78 is 0. The maximum absolute atomic E-state index is 9.40. The lowest BCUT2D eigenvalue weighted by atomic mass is 10.1. The molecular weight excluding hydrogens is 246 g/mol. The topological polar surface area (TPSA) is 51.6 Å². The Balaban J connectivity index is 2.11. The molecule has 2 aromatic carbocycles. The van der Waals surface area contributed by atoms with E-state index in [2.05, 4.69) is 36.3 Å². The zero-order valence-corrected chi connectivity index (χ0v) is 11.5. The van der Waals surface area contributed by atoms with Crippen LogP contribution in [0, 0.1) is 25.2 Å². The molecule has 0 spiro atoms. The molecule has 20 heavy (non-hydrogen) atoms. The maximum atomic E-state index is 9.40. The fourth-order valence-electron chi connectivity index (χ4n) is 2.37. The van der Waals surface area contributed by atoms with Gasteiger partial charge in [0.2, 0.25) is 0 Å². The molecule has 0 radical (unpaired) electrons. The lowest BCUT2D eigenvalue weighted by Gasteiger charge is -2.10. The average Bonchev–Trinajstić information content (AvgIpc) is 2.81. The summed E-state index contributed by atoms with van der Waals surface area (Å²) in [6.45, 7) is 4.16. The molecule has 0 amide bonds. The minimum atomic E-state index is 0.654. The smallest absolute Gasteiger partial charge is 0.127 e. The van der Waals surface area contributed by atoms with Gasteiger partial charge in [-0.15, -0.1) is 0 Å². The molecule has 0 fully saturated rings. The number of rotatable bonds is 2. The number of nitrogens with one attached hydrogen (secondary N) is 2. The lowest BCUT2D eigenvalue weighted by molar-refractivity contribution is 1.31. The summed E-state index contributed by atoms with van der Waals surface area (Å²) in [5.74, 6) is 0.752. The van der Waals surface area contributed by atoms with Crippen LogP contribution in [0.15, 0.2) is 42.5 Å². The summed E-state index contributed by atoms with van der Waals surface area (Å²) in [4.78, 5) is 3.28. The second-order valence-corrected chi connectivity index (χ2v) is 4.90. The highest BCUT2D eigenvalue weighted by molar-refractivity contribution is 5.92. The van der Waals surface area contributed by atoms with Gasteiger partial charge in [0, 0.05) is 16.6 Å². The molecule has 0 atom stereocenters. The molecule has 2 N–H and O–H groups in total. The van der Waals surface area contributed by atoms with Gasteiger partial charge in [0.15, 0.2) is 0 Å². The van der Waals surface area contributed by atoms with Crippen LogP contribution < -0.4 is 5.32 Å². The fourth-order valence-corrected chi connectivity index (χ4v) is 2.37. The monoisotopic (exact) mass is 261 g/mol. The molecular formula is C17H15N3. The molecule has 1 aromatic heterocycles. The summed E-state index contributed by atoms with van der Waals surface area (Å²) in [6, 6.07) is 16.2. The SMILES string of the molecule is Cc1cccc(Nc2[nH]c3ccccc3c2C#N)c1C. The third-order valence-electron chi connectivity index (χ3n) is 3.68. The average molecular weight is 261 g/mol. The van der Waals surface area contributed by atoms with E-state index in [0.29, 0.717) is 5.56 Å². The van der Waals surface area contributed by atoms with Crippen molar-refractivity contribution in [2.24, 2.45) is 0 Å². The number of nitriles is 1. The van der Waals surface area contributed by atoms with Crippen molar-refractivity contribution in [3.8, 4) is 6.07 Å². The largest absolute Gasteiger partial charge is 0.340 e. The Kier molecular flexibility index (Phi) is 2.92. The van der Waals surface area contributed by atoms with Crippen LogP contribution in [0.4, 0.5) is 11.5 Å². The molecule has 3 aromatic rings. The summed E-state index contributed by atoms with van der Waals surface area (Å²) in [7, 11) is 0. The highest BCUT2D eigenvalue weighted by Gasteiger charge is 2.11. The molecule has 0 aliphatic carbocycles. The van der Waals surface area contributed by atoms with Crippen LogP contribution >= 0.6 is 0 Å². The van der Waals surface area contributed by atoms with Gasteiger partial charge >= 0.3 is 0 Å². The van der Waals surface area contributed by atoms with Gasteiger partial charge in [-0.3, -0.25) is 0 Å². The number of fused-ring (bicyclic) bond motifs is 1. The number of anilines is 2. The number of nitrogens with zero attached hydrogens (tertiary/aromatic N) is 1. The Bertz CT molecular complexity index is 822. The highest BCUT2D eigenvalue weighted by atomic mass is 15.0. The van der Waals surface area contributed by atoms with Gasteiger partial charge in [0.05, 0.1) is 0 Å². The van der Waals surface area contributed by atoms with Crippen LogP contribution in [0.25, 0.3) is 10.9 Å². The van der Waals surface area contributed by atoms with E-state index in [4.69, 9.17) is 0 Å². The van der Waals surface area contributed by atoms with Crippen molar-refractivity contribution in [1.82, 2.24) is 4.98 Å². The highest BCUT2D eigenvalue weighted by Crippen LogP contribution is 2.29. The van der Waals surface area contributed by atoms with E-state index in [1.54, 1.807) is 0 Å². The number of hydrogen-bond acceptors (Lipinski definition) is 2. The Labute approximate surface area is 117 Å². The number of benzene rings is 2. The van der Waals surface area contributed by atoms with Crippen molar-refractivity contribution in [1.29, 1.82) is 5.26 Å². The van der Waals surface area contributed by atoms with Crippen LogP contribution in [0.2, 0.25) is 0 Å². The van der Waals surface area contributed by atoms with Crippen molar-refractivity contribution in [2.75, 3.05) is 5.32 Å². The first-order valence-electron chi connectivity index (χ1n) is 6.54. The first kappa shape index (κ1) is 12.3. The maximum Gasteiger partial charge on any atom is 0.127 e. The van der Waals surface area contributed by atoms with Gasteiger partial charge in [-0.2, -0.15) is 5.26 Å². The van der Waals surface area contributed by atoms with E-state index in [0.717, 1.165) is 22.4 Å². The summed E-state index contributed by atoms with van der Waals surface area (Å²) >= 11 is 0. The van der Waals surface area contributed by atoms with Crippen LogP contribution in [-0.2, 0) is 0 Å². The minimum Gasteiger partial charge on any atom is -0.340 e. The van der Waals surface area contributed by atoms with E-state index in [9.17, 15) is 5.26 Å². The van der Waals surface area contributed by atoms with Gasteiger partial charge in [0.1, 0.15) is 17.5 Å². The van der Waals surface area contributed by atoms with Gasteiger partial charge in [0.25, 0.3) is 0 Å². The number of hydrogen-bond donors (Lipinski definition) is 2. The standard InChI is InChI=1S/C17H15N3/c1-11-6-5-9-15(12(11)2)19-17-14(10-18)13-7-3-4-8-16(13)20-17/h3-9,19-20H,1-2H3. The van der Waals surface area contributed by atoms with Crippen LogP contribution in [0.1, 0.15) is 16.7 Å². The van der Waals surface area contributed by atoms with Crippen LogP contribution in [0.3, 0.4) is 0 Å². The van der Waals surface area contributed by atoms with Gasteiger partial charge in [-0.1, -0.05) is 30.3 Å². The molecule has 3 heteroatoms. The fraction of sp³-hybridized carbons (Fsp3) is 0.118. The van der Waals surface area contributed by atoms with E-state index >= 15 is 0 Å². The second kappa shape index (κ2) is 4.75. The van der Waals surface area contributed by atoms with E-state index in [1.165, 1.54) is 11.1 Å². The van der Waals surface area contributed by atoms with Crippen molar-refractivity contribution >= 4 is 22.4 Å². The number of aromatic amines is 1. The van der Waals surface area contributed by atoms with E-state index in [1.807, 2.05) is 36.4 Å². The number of aryl methyl sites for hydroxylation is 1. The molecule has 1 heterocycles. The summed E-state index contributed by atoms with van der Waals surface area (Å²) in [5, 5.41) is 13.7. The van der Waals surface area contributed by atoms with Crippen LogP contribution in [-0.4, -0.2) is 4.98 Å². The Hall–Kier alpha value is -2.73. The van der Waals surface area contributed by atoms with E-state index < -0.39 is 0 Å². The van der Waals surface area contributed by atoms with Crippen molar-refractivity contribution in [3.05, 3.63) is 59.2 Å². The van der Waals surface area contributed by atoms with Crippen molar-refractivity contribution < 1.29 is 0 Å². The quantitative estimate of drug-likeness (QED) is 0.718. The van der Waals surface area contributed by atoms with E-state index in [-0.39, 0.29) is 0 Å². The Morgan fingerprint density at radius 2 is 1.85 bits per heavy atom. The molecule has 0 unspecified atom stereocenters. The molecule has 0 saturated carbocycles. The minimum absolute atomic E-state index is 0.654. The van der Waals surface area contributed by atoms with Crippen LogP contribution in [0.5, 0.6) is 0 Å². The predicted octanol–water partition coefficient (Wildman–Crippen LogP) is 4.40.